The van der Waals surface area contributed by atoms with Crippen LogP contribution >= 0.6 is 0 Å². The first kappa shape index (κ1) is 13.3. The zero-order valence-electron chi connectivity index (χ0n) is 12.2. The first-order valence-corrected chi connectivity index (χ1v) is 6.88. The molecule has 0 aliphatic carbocycles. The molecule has 0 radical (unpaired) electrons. The topological polar surface area (TPSA) is 40.2 Å². The molecule has 3 aromatic rings. The van der Waals surface area contributed by atoms with Gasteiger partial charge in [0, 0.05) is 11.4 Å². The van der Waals surface area contributed by atoms with Gasteiger partial charge in [0.05, 0.1) is 18.5 Å². The molecule has 0 aliphatic heterocycles. The number of nitrogen functional groups attached to an aromatic ring is 1. The van der Waals surface area contributed by atoms with Gasteiger partial charge in [-0.1, -0.05) is 30.3 Å². The molecule has 21 heavy (non-hydrogen) atoms. The third kappa shape index (κ3) is 2.38. The van der Waals surface area contributed by atoms with Crippen LogP contribution in [0.5, 0.6) is 5.75 Å². The minimum Gasteiger partial charge on any atom is -0.495 e. The van der Waals surface area contributed by atoms with Crippen LogP contribution in [0.25, 0.3) is 16.9 Å². The predicted molar refractivity (Wildman–Crippen MR) is 86.9 cm³/mol. The summed E-state index contributed by atoms with van der Waals surface area (Å²) in [5.41, 5.74) is 11.1. The summed E-state index contributed by atoms with van der Waals surface area (Å²) in [6, 6.07) is 20.2. The fourth-order valence-corrected chi connectivity index (χ4v) is 2.57. The number of aromatic nitrogens is 1. The quantitative estimate of drug-likeness (QED) is 0.734. The summed E-state index contributed by atoms with van der Waals surface area (Å²) in [6.07, 6.45) is 0. The van der Waals surface area contributed by atoms with Crippen molar-refractivity contribution in [3.05, 3.63) is 66.4 Å². The standard InChI is InChI=1S/C18H18N2O/c1-13-8-10-16(14-6-4-3-5-7-14)20(13)17-12-15(19)9-11-18(17)21-2/h3-12H,19H2,1-2H3. The molecular formula is C18H18N2O. The second-order valence-corrected chi connectivity index (χ2v) is 4.99. The van der Waals surface area contributed by atoms with Gasteiger partial charge in [-0.15, -0.1) is 0 Å². The van der Waals surface area contributed by atoms with Crippen LogP contribution in [0.3, 0.4) is 0 Å². The van der Waals surface area contributed by atoms with Gasteiger partial charge in [0.1, 0.15) is 5.75 Å². The molecule has 2 aromatic carbocycles. The Bertz CT molecular complexity index is 760. The molecule has 0 saturated carbocycles. The highest BCUT2D eigenvalue weighted by atomic mass is 16.5. The summed E-state index contributed by atoms with van der Waals surface area (Å²) in [5.74, 6) is 0.806. The molecular weight excluding hydrogens is 260 g/mol. The molecule has 3 nitrogen and oxygen atoms in total. The minimum absolute atomic E-state index is 0.720. The van der Waals surface area contributed by atoms with Crippen LogP contribution in [-0.2, 0) is 0 Å². The van der Waals surface area contributed by atoms with Gasteiger partial charge in [-0.05, 0) is 42.8 Å². The number of aryl methyl sites for hydroxylation is 1. The van der Waals surface area contributed by atoms with E-state index in [0.717, 1.165) is 34.1 Å². The minimum atomic E-state index is 0.720. The van der Waals surface area contributed by atoms with Gasteiger partial charge in [0.15, 0.2) is 0 Å². The zero-order valence-corrected chi connectivity index (χ0v) is 12.2. The van der Waals surface area contributed by atoms with E-state index in [4.69, 9.17) is 10.5 Å². The smallest absolute Gasteiger partial charge is 0.143 e. The molecule has 0 atom stereocenters. The Morgan fingerprint density at radius 2 is 1.71 bits per heavy atom. The molecule has 3 heteroatoms. The Balaban J connectivity index is 2.24. The Hall–Kier alpha value is -2.68. The molecule has 2 N–H and O–H groups in total. The van der Waals surface area contributed by atoms with E-state index in [0.29, 0.717) is 0 Å². The molecule has 3 rings (SSSR count). The lowest BCUT2D eigenvalue weighted by Gasteiger charge is -2.16. The van der Waals surface area contributed by atoms with Crippen molar-refractivity contribution in [3.8, 4) is 22.7 Å². The number of nitrogens with two attached hydrogens (primary N) is 1. The molecule has 0 spiro atoms. The molecule has 0 aliphatic rings. The van der Waals surface area contributed by atoms with Crippen LogP contribution in [0, 0.1) is 6.92 Å². The fourth-order valence-electron chi connectivity index (χ4n) is 2.57. The normalized spacial score (nSPS) is 10.6. The third-order valence-corrected chi connectivity index (χ3v) is 3.59. The van der Waals surface area contributed by atoms with Crippen molar-refractivity contribution in [1.82, 2.24) is 4.57 Å². The van der Waals surface area contributed by atoms with Gasteiger partial charge < -0.3 is 15.0 Å². The number of nitrogens with zero attached hydrogens (tertiary/aromatic N) is 1. The number of rotatable bonds is 3. The summed E-state index contributed by atoms with van der Waals surface area (Å²) in [6.45, 7) is 2.08. The second kappa shape index (κ2) is 5.37. The van der Waals surface area contributed by atoms with Crippen LogP contribution < -0.4 is 10.5 Å². The van der Waals surface area contributed by atoms with Crippen molar-refractivity contribution in [2.24, 2.45) is 0 Å². The van der Waals surface area contributed by atoms with Crippen molar-refractivity contribution in [2.45, 2.75) is 6.92 Å². The van der Waals surface area contributed by atoms with E-state index in [-0.39, 0.29) is 0 Å². The Morgan fingerprint density at radius 3 is 2.43 bits per heavy atom. The summed E-state index contributed by atoms with van der Waals surface area (Å²) < 4.78 is 7.66. The molecule has 0 bridgehead atoms. The largest absolute Gasteiger partial charge is 0.495 e. The SMILES string of the molecule is COc1ccc(N)cc1-n1c(C)ccc1-c1ccccc1. The van der Waals surface area contributed by atoms with E-state index in [1.165, 1.54) is 0 Å². The maximum atomic E-state index is 5.96. The van der Waals surface area contributed by atoms with Gasteiger partial charge in [-0.25, -0.2) is 0 Å². The molecule has 0 amide bonds. The Kier molecular flexibility index (Phi) is 3.40. The number of hydrogen-bond donors (Lipinski definition) is 1. The molecule has 1 aromatic heterocycles. The van der Waals surface area contributed by atoms with Gasteiger partial charge in [0.2, 0.25) is 0 Å². The van der Waals surface area contributed by atoms with Crippen molar-refractivity contribution in [1.29, 1.82) is 0 Å². The highest BCUT2D eigenvalue weighted by Crippen LogP contribution is 2.32. The van der Waals surface area contributed by atoms with Gasteiger partial charge in [-0.2, -0.15) is 0 Å². The predicted octanol–water partition coefficient (Wildman–Crippen LogP) is 4.04. The zero-order chi connectivity index (χ0) is 14.8. The lowest BCUT2D eigenvalue weighted by atomic mass is 10.1. The maximum absolute atomic E-state index is 5.96. The van der Waals surface area contributed by atoms with E-state index >= 15 is 0 Å². The van der Waals surface area contributed by atoms with Crippen LogP contribution in [0.2, 0.25) is 0 Å². The van der Waals surface area contributed by atoms with E-state index in [1.54, 1.807) is 7.11 Å². The van der Waals surface area contributed by atoms with Gasteiger partial charge in [0.25, 0.3) is 0 Å². The van der Waals surface area contributed by atoms with E-state index < -0.39 is 0 Å². The summed E-state index contributed by atoms with van der Waals surface area (Å²) in [7, 11) is 1.68. The Labute approximate surface area is 124 Å². The number of benzene rings is 2. The van der Waals surface area contributed by atoms with Crippen LogP contribution in [0.15, 0.2) is 60.7 Å². The average molecular weight is 278 g/mol. The lowest BCUT2D eigenvalue weighted by Crippen LogP contribution is -2.03. The van der Waals surface area contributed by atoms with Crippen molar-refractivity contribution >= 4 is 5.69 Å². The average Bonchev–Trinajstić information content (AvgIpc) is 2.89. The molecule has 1 heterocycles. The lowest BCUT2D eigenvalue weighted by molar-refractivity contribution is 0.413. The molecule has 0 unspecified atom stereocenters. The number of anilines is 1. The summed E-state index contributed by atoms with van der Waals surface area (Å²) >= 11 is 0. The van der Waals surface area contributed by atoms with Crippen molar-refractivity contribution in [2.75, 3.05) is 12.8 Å². The molecule has 0 saturated heterocycles. The second-order valence-electron chi connectivity index (χ2n) is 4.99. The van der Waals surface area contributed by atoms with Crippen molar-refractivity contribution < 1.29 is 4.74 Å². The van der Waals surface area contributed by atoms with Gasteiger partial charge >= 0.3 is 0 Å². The number of methoxy groups -OCH3 is 1. The monoisotopic (exact) mass is 278 g/mol. The molecule has 0 fully saturated rings. The highest BCUT2D eigenvalue weighted by Gasteiger charge is 2.13. The third-order valence-electron chi connectivity index (χ3n) is 3.59. The maximum Gasteiger partial charge on any atom is 0.143 e. The van der Waals surface area contributed by atoms with Crippen molar-refractivity contribution in [3.63, 3.8) is 0 Å². The first-order chi connectivity index (χ1) is 10.2. The first-order valence-electron chi connectivity index (χ1n) is 6.88. The fraction of sp³-hybridized carbons (Fsp3) is 0.111. The Morgan fingerprint density at radius 1 is 0.952 bits per heavy atom. The van der Waals surface area contributed by atoms with E-state index in [1.807, 2.05) is 36.4 Å². The van der Waals surface area contributed by atoms with Crippen LogP contribution in [0.1, 0.15) is 5.69 Å². The van der Waals surface area contributed by atoms with E-state index in [2.05, 4.69) is 35.8 Å². The number of ether oxygens (including phenoxy) is 1. The van der Waals surface area contributed by atoms with Crippen LogP contribution in [0.4, 0.5) is 5.69 Å². The van der Waals surface area contributed by atoms with Crippen LogP contribution in [-0.4, -0.2) is 11.7 Å². The summed E-state index contributed by atoms with van der Waals surface area (Å²) in [4.78, 5) is 0. The highest BCUT2D eigenvalue weighted by molar-refractivity contribution is 5.67. The van der Waals surface area contributed by atoms with E-state index in [9.17, 15) is 0 Å². The molecule has 106 valence electrons. The van der Waals surface area contributed by atoms with Gasteiger partial charge in [-0.3, -0.25) is 0 Å². The number of hydrogen-bond acceptors (Lipinski definition) is 2. The summed E-state index contributed by atoms with van der Waals surface area (Å²) in [5, 5.41) is 0.